The van der Waals surface area contributed by atoms with Gasteiger partial charge in [0.15, 0.2) is 11.5 Å². The summed E-state index contributed by atoms with van der Waals surface area (Å²) in [5.74, 6) is 1.14. The number of nitrogen functional groups attached to an aromatic ring is 1. The van der Waals surface area contributed by atoms with E-state index in [9.17, 15) is 4.79 Å². The number of ketones is 1. The Hall–Kier alpha value is -3.42. The van der Waals surface area contributed by atoms with Crippen molar-refractivity contribution in [1.82, 2.24) is 9.88 Å². The molecule has 4 aromatic rings. The van der Waals surface area contributed by atoms with E-state index in [1.54, 1.807) is 18.2 Å². The Kier molecular flexibility index (Phi) is 5.00. The third-order valence-electron chi connectivity index (χ3n) is 6.21. The first-order valence-electron chi connectivity index (χ1n) is 11.1. The average molecular weight is 458 g/mol. The first-order chi connectivity index (χ1) is 16.2. The Morgan fingerprint density at radius 3 is 2.73 bits per heavy atom. The van der Waals surface area contributed by atoms with Crippen LogP contribution in [0.2, 0.25) is 0 Å². The SMILES string of the molecule is Nc1c(C(=O)c2ccc3c(c2)OCCO3)sc2nc3c(cc12)CN(Cc1ccccc1)CC3. The van der Waals surface area contributed by atoms with Gasteiger partial charge in [0.1, 0.15) is 22.9 Å². The summed E-state index contributed by atoms with van der Waals surface area (Å²) in [5, 5.41) is 0.862. The standard InChI is InChI=1S/C26H23N3O3S/c27-23-19-12-18-15-29(14-16-4-2-1-3-5-16)9-8-20(18)28-26(19)33-25(23)24(30)17-6-7-21-22(13-17)32-11-10-31-21/h1-7,12-13H,8-11,14-15,27H2. The van der Waals surface area contributed by atoms with Gasteiger partial charge in [0.05, 0.1) is 5.69 Å². The Balaban J connectivity index is 1.30. The number of ether oxygens (including phenoxy) is 2. The largest absolute Gasteiger partial charge is 0.486 e. The van der Waals surface area contributed by atoms with Crippen LogP contribution in [0.5, 0.6) is 11.5 Å². The van der Waals surface area contributed by atoms with Crippen LogP contribution in [0.25, 0.3) is 10.2 Å². The predicted molar refractivity (Wildman–Crippen MR) is 129 cm³/mol. The molecule has 6 nitrogen and oxygen atoms in total. The lowest BCUT2D eigenvalue weighted by Crippen LogP contribution is -2.30. The van der Waals surface area contributed by atoms with Crippen molar-refractivity contribution in [2.45, 2.75) is 19.5 Å². The van der Waals surface area contributed by atoms with Gasteiger partial charge in [0.25, 0.3) is 0 Å². The molecule has 0 spiro atoms. The van der Waals surface area contributed by atoms with Gasteiger partial charge >= 0.3 is 0 Å². The highest BCUT2D eigenvalue weighted by atomic mass is 32.1. The fourth-order valence-electron chi connectivity index (χ4n) is 4.52. The zero-order chi connectivity index (χ0) is 22.4. The molecule has 2 N–H and O–H groups in total. The normalized spacial score (nSPS) is 15.4. The number of nitrogens with two attached hydrogens (primary N) is 1. The second kappa shape index (κ2) is 8.17. The van der Waals surface area contributed by atoms with Crippen molar-refractivity contribution < 1.29 is 14.3 Å². The minimum Gasteiger partial charge on any atom is -0.486 e. The van der Waals surface area contributed by atoms with E-state index in [2.05, 4.69) is 35.2 Å². The minimum atomic E-state index is -0.115. The third-order valence-corrected chi connectivity index (χ3v) is 7.32. The lowest BCUT2D eigenvalue weighted by molar-refractivity contribution is 0.104. The highest BCUT2D eigenvalue weighted by molar-refractivity contribution is 7.21. The first kappa shape index (κ1) is 20.2. The van der Waals surface area contributed by atoms with E-state index in [4.69, 9.17) is 20.2 Å². The minimum absolute atomic E-state index is 0.115. The predicted octanol–water partition coefficient (Wildman–Crippen LogP) is 4.44. The number of aromatic nitrogens is 1. The van der Waals surface area contributed by atoms with Gasteiger partial charge in [-0.1, -0.05) is 30.3 Å². The lowest BCUT2D eigenvalue weighted by Gasteiger charge is -2.28. The number of rotatable bonds is 4. The molecule has 0 saturated carbocycles. The van der Waals surface area contributed by atoms with Crippen molar-refractivity contribution in [1.29, 1.82) is 0 Å². The van der Waals surface area contributed by atoms with Crippen LogP contribution in [0.1, 0.15) is 32.1 Å². The Morgan fingerprint density at radius 2 is 1.88 bits per heavy atom. The molecule has 2 aromatic heterocycles. The van der Waals surface area contributed by atoms with E-state index in [1.807, 2.05) is 6.07 Å². The second-order valence-corrected chi connectivity index (χ2v) is 9.42. The number of thiophene rings is 1. The second-order valence-electron chi connectivity index (χ2n) is 8.43. The molecular formula is C26H23N3O3S. The number of anilines is 1. The molecule has 0 atom stereocenters. The number of carbonyl (C=O) groups excluding carboxylic acids is 1. The number of nitrogens with zero attached hydrogens (tertiary/aromatic N) is 2. The van der Waals surface area contributed by atoms with E-state index >= 15 is 0 Å². The molecule has 0 fully saturated rings. The Bertz CT molecular complexity index is 1370. The molecule has 0 unspecified atom stereocenters. The molecule has 0 radical (unpaired) electrons. The van der Waals surface area contributed by atoms with Crippen molar-refractivity contribution in [3.63, 3.8) is 0 Å². The van der Waals surface area contributed by atoms with Crippen LogP contribution in [0.3, 0.4) is 0 Å². The fourth-order valence-corrected chi connectivity index (χ4v) is 5.58. The third kappa shape index (κ3) is 3.73. The van der Waals surface area contributed by atoms with Crippen molar-refractivity contribution in [2.24, 2.45) is 0 Å². The molecule has 4 heterocycles. The quantitative estimate of drug-likeness (QED) is 0.457. The van der Waals surface area contributed by atoms with Gasteiger partial charge in [-0.2, -0.15) is 0 Å². The van der Waals surface area contributed by atoms with Crippen molar-refractivity contribution >= 4 is 33.0 Å². The van der Waals surface area contributed by atoms with E-state index in [0.29, 0.717) is 40.8 Å². The van der Waals surface area contributed by atoms with Gasteiger partial charge in [-0.25, -0.2) is 4.98 Å². The molecular weight excluding hydrogens is 434 g/mol. The van der Waals surface area contributed by atoms with Crippen LogP contribution in [-0.2, 0) is 19.5 Å². The number of hydrogen-bond acceptors (Lipinski definition) is 7. The summed E-state index contributed by atoms with van der Waals surface area (Å²) in [6.45, 7) is 3.69. The van der Waals surface area contributed by atoms with Gasteiger partial charge in [-0.3, -0.25) is 9.69 Å². The summed E-state index contributed by atoms with van der Waals surface area (Å²) >= 11 is 1.37. The summed E-state index contributed by atoms with van der Waals surface area (Å²) in [6, 6.07) is 17.9. The summed E-state index contributed by atoms with van der Waals surface area (Å²) in [4.78, 5) is 22.0. The molecule has 6 rings (SSSR count). The molecule has 33 heavy (non-hydrogen) atoms. The summed E-state index contributed by atoms with van der Waals surface area (Å²) in [7, 11) is 0. The molecule has 0 saturated heterocycles. The molecule has 2 aliphatic heterocycles. The van der Waals surface area contributed by atoms with E-state index in [-0.39, 0.29) is 5.78 Å². The fraction of sp³-hybridized carbons (Fsp3) is 0.231. The van der Waals surface area contributed by atoms with Crippen molar-refractivity contribution in [2.75, 3.05) is 25.5 Å². The molecule has 0 amide bonds. The number of carbonyl (C=O) groups is 1. The van der Waals surface area contributed by atoms with Crippen LogP contribution < -0.4 is 15.2 Å². The van der Waals surface area contributed by atoms with Gasteiger partial charge in [0, 0.05) is 42.7 Å². The van der Waals surface area contributed by atoms with E-state index in [0.717, 1.165) is 42.0 Å². The van der Waals surface area contributed by atoms with Crippen molar-refractivity contribution in [3.8, 4) is 11.5 Å². The van der Waals surface area contributed by atoms with Gasteiger partial charge in [-0.15, -0.1) is 11.3 Å². The van der Waals surface area contributed by atoms with Gasteiger partial charge < -0.3 is 15.2 Å². The van der Waals surface area contributed by atoms with E-state index in [1.165, 1.54) is 22.5 Å². The number of fused-ring (bicyclic) bond motifs is 3. The van der Waals surface area contributed by atoms with E-state index < -0.39 is 0 Å². The average Bonchev–Trinajstić information content (AvgIpc) is 3.17. The molecule has 7 heteroatoms. The monoisotopic (exact) mass is 457 g/mol. The molecule has 2 aliphatic rings. The summed E-state index contributed by atoms with van der Waals surface area (Å²) in [5.41, 5.74) is 11.1. The maximum absolute atomic E-state index is 13.3. The first-order valence-corrected chi connectivity index (χ1v) is 11.9. The van der Waals surface area contributed by atoms with Crippen LogP contribution in [0.15, 0.2) is 54.6 Å². The highest BCUT2D eigenvalue weighted by Gasteiger charge is 2.24. The van der Waals surface area contributed by atoms with Crippen LogP contribution in [-0.4, -0.2) is 35.4 Å². The summed E-state index contributed by atoms with van der Waals surface area (Å²) in [6.07, 6.45) is 0.890. The number of pyridine rings is 1. The molecule has 0 bridgehead atoms. The maximum atomic E-state index is 13.3. The zero-order valence-electron chi connectivity index (χ0n) is 18.0. The smallest absolute Gasteiger partial charge is 0.205 e. The molecule has 0 aliphatic carbocycles. The molecule has 2 aromatic carbocycles. The Morgan fingerprint density at radius 1 is 1.06 bits per heavy atom. The number of hydrogen-bond donors (Lipinski definition) is 1. The van der Waals surface area contributed by atoms with Crippen molar-refractivity contribution in [3.05, 3.63) is 81.9 Å². The zero-order valence-corrected chi connectivity index (χ0v) is 18.9. The lowest BCUT2D eigenvalue weighted by atomic mass is 10.0. The van der Waals surface area contributed by atoms with Crippen LogP contribution in [0, 0.1) is 0 Å². The maximum Gasteiger partial charge on any atom is 0.205 e. The summed E-state index contributed by atoms with van der Waals surface area (Å²) < 4.78 is 11.2. The Labute approximate surface area is 195 Å². The number of benzene rings is 2. The van der Waals surface area contributed by atoms with Gasteiger partial charge in [0.2, 0.25) is 5.78 Å². The molecule has 166 valence electrons. The van der Waals surface area contributed by atoms with Crippen LogP contribution >= 0.6 is 11.3 Å². The topological polar surface area (TPSA) is 77.7 Å². The van der Waals surface area contributed by atoms with Crippen LogP contribution in [0.4, 0.5) is 5.69 Å². The van der Waals surface area contributed by atoms with Gasteiger partial charge in [-0.05, 0) is 35.4 Å². The highest BCUT2D eigenvalue weighted by Crippen LogP contribution is 2.38.